The van der Waals surface area contributed by atoms with Gasteiger partial charge in [-0.3, -0.25) is 0 Å². The fraction of sp³-hybridized carbons (Fsp3) is 0.111. The van der Waals surface area contributed by atoms with Crippen molar-refractivity contribution in [2.45, 2.75) is 6.92 Å². The molecular weight excluding hydrogens is 108 g/mol. The van der Waals surface area contributed by atoms with E-state index >= 15 is 0 Å². The zero-order chi connectivity index (χ0) is 6.53. The Balaban J connectivity index is 2.94. The summed E-state index contributed by atoms with van der Waals surface area (Å²) in [7, 11) is 0. The van der Waals surface area contributed by atoms with Crippen molar-refractivity contribution in [3.05, 3.63) is 35.9 Å². The molecule has 0 amide bonds. The number of benzene rings is 1. The molecule has 0 aliphatic heterocycles. The van der Waals surface area contributed by atoms with E-state index in [0.29, 0.717) is 0 Å². The zero-order valence-corrected chi connectivity index (χ0v) is 5.39. The van der Waals surface area contributed by atoms with Gasteiger partial charge < -0.3 is 0 Å². The van der Waals surface area contributed by atoms with E-state index in [1.54, 1.807) is 0 Å². The van der Waals surface area contributed by atoms with Crippen LogP contribution in [-0.2, 0) is 0 Å². The van der Waals surface area contributed by atoms with E-state index in [2.05, 4.69) is 11.8 Å². The molecule has 0 fully saturated rings. The maximum Gasteiger partial charge on any atom is 0.0245 e. The van der Waals surface area contributed by atoms with Crippen molar-refractivity contribution in [3.8, 4) is 11.8 Å². The van der Waals surface area contributed by atoms with Crippen LogP contribution < -0.4 is 0 Å². The molecule has 0 atom stereocenters. The van der Waals surface area contributed by atoms with Gasteiger partial charge in [-0.25, -0.2) is 0 Å². The first-order valence-corrected chi connectivity index (χ1v) is 2.91. The SMILES string of the molecule is CC#Cc1ccccc1. The Hall–Kier alpha value is -1.22. The molecule has 0 spiro atoms. The predicted molar refractivity (Wildman–Crippen MR) is 39.0 cm³/mol. The highest BCUT2D eigenvalue weighted by molar-refractivity contribution is 5.32. The monoisotopic (exact) mass is 116 g/mol. The summed E-state index contributed by atoms with van der Waals surface area (Å²) in [6.45, 7) is 1.84. The molecule has 0 nitrogen and oxygen atoms in total. The third-order valence-corrected chi connectivity index (χ3v) is 1.04. The smallest absolute Gasteiger partial charge is 0.0245 e. The number of hydrogen-bond acceptors (Lipinski definition) is 0. The number of rotatable bonds is 0. The first-order valence-electron chi connectivity index (χ1n) is 2.91. The Kier molecular flexibility index (Phi) is 1.93. The standard InChI is InChI=1S/C9H8/c1-2-6-9-7-4-3-5-8-9/h3-5,7-8H,1H3. The van der Waals surface area contributed by atoms with Gasteiger partial charge in [0.15, 0.2) is 0 Å². The second-order valence-electron chi connectivity index (χ2n) is 1.74. The summed E-state index contributed by atoms with van der Waals surface area (Å²) in [4.78, 5) is 0. The lowest BCUT2D eigenvalue weighted by atomic mass is 10.2. The molecule has 1 rings (SSSR count). The quantitative estimate of drug-likeness (QED) is 0.455. The predicted octanol–water partition coefficient (Wildman–Crippen LogP) is 2.06. The largest absolute Gasteiger partial charge is 0.101 e. The van der Waals surface area contributed by atoms with Gasteiger partial charge in [-0.05, 0) is 19.1 Å². The van der Waals surface area contributed by atoms with Crippen molar-refractivity contribution >= 4 is 0 Å². The molecule has 0 heteroatoms. The highest BCUT2D eigenvalue weighted by Crippen LogP contribution is 1.93. The minimum absolute atomic E-state index is 1.08. The van der Waals surface area contributed by atoms with Gasteiger partial charge in [0.25, 0.3) is 0 Å². The van der Waals surface area contributed by atoms with Crippen LogP contribution in [0.5, 0.6) is 0 Å². The molecule has 0 unspecified atom stereocenters. The molecule has 0 aromatic heterocycles. The van der Waals surface area contributed by atoms with Crippen LogP contribution in [0.1, 0.15) is 12.5 Å². The van der Waals surface area contributed by atoms with E-state index < -0.39 is 0 Å². The lowest BCUT2D eigenvalue weighted by molar-refractivity contribution is 1.64. The van der Waals surface area contributed by atoms with E-state index in [1.807, 2.05) is 37.3 Å². The average molecular weight is 116 g/mol. The average Bonchev–Trinajstić information content (AvgIpc) is 1.91. The highest BCUT2D eigenvalue weighted by Gasteiger charge is 1.77. The minimum Gasteiger partial charge on any atom is -0.101 e. The minimum atomic E-state index is 1.08. The van der Waals surface area contributed by atoms with Crippen molar-refractivity contribution in [2.24, 2.45) is 0 Å². The van der Waals surface area contributed by atoms with Gasteiger partial charge >= 0.3 is 0 Å². The Morgan fingerprint density at radius 2 is 1.78 bits per heavy atom. The summed E-state index contributed by atoms with van der Waals surface area (Å²) in [5.41, 5.74) is 1.08. The van der Waals surface area contributed by atoms with Crippen LogP contribution in [-0.4, -0.2) is 0 Å². The van der Waals surface area contributed by atoms with Gasteiger partial charge in [0, 0.05) is 5.56 Å². The van der Waals surface area contributed by atoms with Crippen molar-refractivity contribution in [1.82, 2.24) is 0 Å². The van der Waals surface area contributed by atoms with Crippen molar-refractivity contribution in [1.29, 1.82) is 0 Å². The second-order valence-corrected chi connectivity index (χ2v) is 1.74. The van der Waals surface area contributed by atoms with Crippen LogP contribution in [0.3, 0.4) is 0 Å². The van der Waals surface area contributed by atoms with Gasteiger partial charge in [0.05, 0.1) is 0 Å². The Labute approximate surface area is 55.5 Å². The summed E-state index contributed by atoms with van der Waals surface area (Å²) in [5.74, 6) is 5.79. The molecule has 0 aliphatic carbocycles. The molecule has 0 saturated heterocycles. The fourth-order valence-corrected chi connectivity index (χ4v) is 0.666. The lowest BCUT2D eigenvalue weighted by Gasteiger charge is -1.83. The number of hydrogen-bond donors (Lipinski definition) is 0. The van der Waals surface area contributed by atoms with Gasteiger partial charge in [0.2, 0.25) is 0 Å². The maximum atomic E-state index is 2.96. The molecule has 1 aromatic carbocycles. The van der Waals surface area contributed by atoms with Crippen LogP contribution in [0, 0.1) is 11.8 Å². The van der Waals surface area contributed by atoms with Gasteiger partial charge in [-0.2, -0.15) is 0 Å². The van der Waals surface area contributed by atoms with E-state index in [9.17, 15) is 0 Å². The first-order chi connectivity index (χ1) is 4.43. The second kappa shape index (κ2) is 2.94. The lowest BCUT2D eigenvalue weighted by Crippen LogP contribution is -1.67. The molecule has 1 aromatic rings. The molecule has 0 aliphatic rings. The molecule has 0 heterocycles. The third kappa shape index (κ3) is 1.62. The van der Waals surface area contributed by atoms with E-state index in [-0.39, 0.29) is 0 Å². The van der Waals surface area contributed by atoms with E-state index in [0.717, 1.165) is 5.56 Å². The summed E-state index contributed by atoms with van der Waals surface area (Å²) in [6.07, 6.45) is 0. The third-order valence-electron chi connectivity index (χ3n) is 1.04. The van der Waals surface area contributed by atoms with E-state index in [4.69, 9.17) is 0 Å². The molecule has 0 bridgehead atoms. The van der Waals surface area contributed by atoms with Crippen LogP contribution in [0.15, 0.2) is 30.3 Å². The maximum absolute atomic E-state index is 2.96. The van der Waals surface area contributed by atoms with Crippen LogP contribution >= 0.6 is 0 Å². The normalized spacial score (nSPS) is 7.67. The van der Waals surface area contributed by atoms with E-state index in [1.165, 1.54) is 0 Å². The molecular formula is C9H8. The first kappa shape index (κ1) is 5.91. The summed E-state index contributed by atoms with van der Waals surface area (Å²) < 4.78 is 0. The van der Waals surface area contributed by atoms with Gasteiger partial charge in [-0.1, -0.05) is 24.1 Å². The van der Waals surface area contributed by atoms with Gasteiger partial charge in [-0.15, -0.1) is 5.92 Å². The molecule has 0 saturated carbocycles. The van der Waals surface area contributed by atoms with Crippen LogP contribution in [0.4, 0.5) is 0 Å². The van der Waals surface area contributed by atoms with Gasteiger partial charge in [0.1, 0.15) is 0 Å². The van der Waals surface area contributed by atoms with Crippen molar-refractivity contribution in [3.63, 3.8) is 0 Å². The fourth-order valence-electron chi connectivity index (χ4n) is 0.666. The molecule has 44 valence electrons. The Morgan fingerprint density at radius 1 is 1.11 bits per heavy atom. The van der Waals surface area contributed by atoms with Crippen molar-refractivity contribution < 1.29 is 0 Å². The summed E-state index contributed by atoms with van der Waals surface area (Å²) in [5, 5.41) is 0. The van der Waals surface area contributed by atoms with Crippen molar-refractivity contribution in [2.75, 3.05) is 0 Å². The summed E-state index contributed by atoms with van der Waals surface area (Å²) >= 11 is 0. The zero-order valence-electron chi connectivity index (χ0n) is 5.39. The summed E-state index contributed by atoms with van der Waals surface area (Å²) in [6, 6.07) is 9.95. The molecule has 0 radical (unpaired) electrons. The Bertz CT molecular complexity index is 223. The topological polar surface area (TPSA) is 0 Å². The molecule has 0 N–H and O–H groups in total. The van der Waals surface area contributed by atoms with Crippen LogP contribution in [0.2, 0.25) is 0 Å². The highest BCUT2D eigenvalue weighted by atomic mass is 13.8. The molecule has 9 heavy (non-hydrogen) atoms. The van der Waals surface area contributed by atoms with Crippen LogP contribution in [0.25, 0.3) is 0 Å². The Morgan fingerprint density at radius 3 is 2.33 bits per heavy atom.